The van der Waals surface area contributed by atoms with Crippen LogP contribution in [0.1, 0.15) is 31.1 Å². The van der Waals surface area contributed by atoms with Crippen LogP contribution in [0.5, 0.6) is 0 Å². The van der Waals surface area contributed by atoms with Crippen LogP contribution in [0.2, 0.25) is 0 Å². The molecule has 0 radical (unpaired) electrons. The van der Waals surface area contributed by atoms with Crippen LogP contribution < -0.4 is 5.32 Å². The van der Waals surface area contributed by atoms with Gasteiger partial charge in [-0.15, -0.1) is 11.8 Å². The van der Waals surface area contributed by atoms with Gasteiger partial charge in [0.05, 0.1) is 11.1 Å². The van der Waals surface area contributed by atoms with Gasteiger partial charge in [0.1, 0.15) is 11.9 Å². The summed E-state index contributed by atoms with van der Waals surface area (Å²) in [7, 11) is 0. The summed E-state index contributed by atoms with van der Waals surface area (Å²) in [6.45, 7) is 6.15. The van der Waals surface area contributed by atoms with E-state index >= 15 is 0 Å². The van der Waals surface area contributed by atoms with E-state index in [0.29, 0.717) is 11.3 Å². The number of benzene rings is 2. The molecule has 2 aromatic rings. The average Bonchev–Trinajstić information content (AvgIpc) is 3.09. The first-order valence-corrected chi connectivity index (χ1v) is 9.88. The van der Waals surface area contributed by atoms with E-state index in [9.17, 15) is 14.0 Å². The van der Waals surface area contributed by atoms with Gasteiger partial charge in [0, 0.05) is 11.3 Å². The maximum atomic E-state index is 13.9. The van der Waals surface area contributed by atoms with Crippen LogP contribution in [0.4, 0.5) is 10.1 Å². The van der Waals surface area contributed by atoms with Gasteiger partial charge in [-0.2, -0.15) is 0 Å². The largest absolute Gasteiger partial charge is 0.322 e. The molecule has 1 aliphatic rings. The second-order valence-electron chi connectivity index (χ2n) is 7.62. The average molecular weight is 386 g/mol. The SMILES string of the molecule is CC(C)(C)C1SCC(C(=O)Nc2ccccc2F)N1C(=O)c1ccccc1. The molecule has 0 spiro atoms. The lowest BCUT2D eigenvalue weighted by atomic mass is 9.94. The maximum Gasteiger partial charge on any atom is 0.255 e. The molecule has 3 rings (SSSR count). The molecule has 1 saturated heterocycles. The van der Waals surface area contributed by atoms with Crippen molar-refractivity contribution < 1.29 is 14.0 Å². The number of nitrogens with one attached hydrogen (secondary N) is 1. The third kappa shape index (κ3) is 4.16. The number of amides is 2. The maximum absolute atomic E-state index is 13.9. The molecule has 2 amide bonds. The lowest BCUT2D eigenvalue weighted by molar-refractivity contribution is -0.120. The minimum Gasteiger partial charge on any atom is -0.322 e. The molecule has 0 bridgehead atoms. The van der Waals surface area contributed by atoms with Gasteiger partial charge in [-0.25, -0.2) is 4.39 Å². The lowest BCUT2D eigenvalue weighted by Gasteiger charge is -2.36. The highest BCUT2D eigenvalue weighted by Crippen LogP contribution is 2.41. The number of anilines is 1. The molecule has 6 heteroatoms. The van der Waals surface area contributed by atoms with E-state index in [2.05, 4.69) is 5.32 Å². The van der Waals surface area contributed by atoms with Crippen molar-refractivity contribution in [1.29, 1.82) is 0 Å². The Hall–Kier alpha value is -2.34. The summed E-state index contributed by atoms with van der Waals surface area (Å²) in [6, 6.07) is 14.3. The van der Waals surface area contributed by atoms with Gasteiger partial charge >= 0.3 is 0 Å². The number of carbonyl (C=O) groups excluding carboxylic acids is 2. The lowest BCUT2D eigenvalue weighted by Crippen LogP contribution is -2.51. The molecule has 1 aliphatic heterocycles. The Balaban J connectivity index is 1.90. The number of thioether (sulfide) groups is 1. The third-order valence-corrected chi connectivity index (χ3v) is 6.19. The van der Waals surface area contributed by atoms with Gasteiger partial charge in [-0.1, -0.05) is 51.1 Å². The molecule has 1 fully saturated rings. The van der Waals surface area contributed by atoms with Crippen LogP contribution in [0.15, 0.2) is 54.6 Å². The Labute approximate surface area is 163 Å². The van der Waals surface area contributed by atoms with E-state index < -0.39 is 11.9 Å². The van der Waals surface area contributed by atoms with Crippen LogP contribution in [0.3, 0.4) is 0 Å². The fraction of sp³-hybridized carbons (Fsp3) is 0.333. The number of hydrogen-bond acceptors (Lipinski definition) is 3. The van der Waals surface area contributed by atoms with Crippen molar-refractivity contribution in [2.45, 2.75) is 32.2 Å². The minimum atomic E-state index is -0.661. The van der Waals surface area contributed by atoms with Gasteiger partial charge in [-0.05, 0) is 29.7 Å². The summed E-state index contributed by atoms with van der Waals surface area (Å²) < 4.78 is 13.9. The van der Waals surface area contributed by atoms with Gasteiger partial charge < -0.3 is 10.2 Å². The first-order valence-electron chi connectivity index (χ1n) is 8.84. The predicted octanol–water partition coefficient (Wildman–Crippen LogP) is 4.39. The summed E-state index contributed by atoms with van der Waals surface area (Å²) in [4.78, 5) is 27.7. The van der Waals surface area contributed by atoms with E-state index in [1.54, 1.807) is 53.1 Å². The van der Waals surface area contributed by atoms with Gasteiger partial charge in [-0.3, -0.25) is 9.59 Å². The highest BCUT2D eigenvalue weighted by Gasteiger charge is 2.46. The molecule has 27 heavy (non-hydrogen) atoms. The minimum absolute atomic E-state index is 0.124. The zero-order valence-corrected chi connectivity index (χ0v) is 16.4. The zero-order valence-electron chi connectivity index (χ0n) is 15.6. The quantitative estimate of drug-likeness (QED) is 0.851. The molecule has 2 atom stereocenters. The van der Waals surface area contributed by atoms with Crippen molar-refractivity contribution in [3.8, 4) is 0 Å². The Morgan fingerprint density at radius 1 is 1.07 bits per heavy atom. The highest BCUT2D eigenvalue weighted by molar-refractivity contribution is 8.00. The number of halogens is 1. The second-order valence-corrected chi connectivity index (χ2v) is 8.73. The Morgan fingerprint density at radius 2 is 1.70 bits per heavy atom. The van der Waals surface area contributed by atoms with Crippen molar-refractivity contribution in [2.75, 3.05) is 11.1 Å². The van der Waals surface area contributed by atoms with Crippen molar-refractivity contribution in [3.05, 3.63) is 66.0 Å². The van der Waals surface area contributed by atoms with Crippen molar-refractivity contribution in [2.24, 2.45) is 5.41 Å². The predicted molar refractivity (Wildman–Crippen MR) is 107 cm³/mol. The van der Waals surface area contributed by atoms with Crippen LogP contribution in [0.25, 0.3) is 0 Å². The molecule has 0 saturated carbocycles. The molecule has 1 heterocycles. The molecule has 2 aromatic carbocycles. The number of carbonyl (C=O) groups is 2. The Bertz CT molecular complexity index is 836. The number of rotatable bonds is 3. The van der Waals surface area contributed by atoms with Crippen LogP contribution in [-0.4, -0.2) is 33.9 Å². The smallest absolute Gasteiger partial charge is 0.255 e. The normalized spacial score (nSPS) is 19.8. The van der Waals surface area contributed by atoms with Crippen molar-refractivity contribution in [1.82, 2.24) is 4.90 Å². The monoisotopic (exact) mass is 386 g/mol. The van der Waals surface area contributed by atoms with E-state index in [1.807, 2.05) is 26.8 Å². The first kappa shape index (κ1) is 19.4. The van der Waals surface area contributed by atoms with Crippen LogP contribution >= 0.6 is 11.8 Å². The van der Waals surface area contributed by atoms with E-state index in [0.717, 1.165) is 0 Å². The zero-order chi connectivity index (χ0) is 19.6. The summed E-state index contributed by atoms with van der Waals surface area (Å²) in [5.74, 6) is -0.580. The molecule has 142 valence electrons. The molecule has 1 N–H and O–H groups in total. The standard InChI is InChI=1S/C21H23FN2O2S/c1-21(2,3)20-24(19(26)14-9-5-4-6-10-14)17(13-27-20)18(25)23-16-12-8-7-11-15(16)22/h4-12,17,20H,13H2,1-3H3,(H,23,25). The van der Waals surface area contributed by atoms with Crippen molar-refractivity contribution in [3.63, 3.8) is 0 Å². The topological polar surface area (TPSA) is 49.4 Å². The van der Waals surface area contributed by atoms with Gasteiger partial charge in [0.2, 0.25) is 5.91 Å². The summed E-state index contributed by atoms with van der Waals surface area (Å²) >= 11 is 1.58. The number of nitrogens with zero attached hydrogens (tertiary/aromatic N) is 1. The van der Waals surface area contributed by atoms with E-state index in [1.165, 1.54) is 12.1 Å². The fourth-order valence-electron chi connectivity index (χ4n) is 3.13. The number of para-hydroxylation sites is 1. The summed E-state index contributed by atoms with van der Waals surface area (Å²) in [5.41, 5.74) is 0.457. The molecule has 0 aliphatic carbocycles. The molecule has 4 nitrogen and oxygen atoms in total. The highest BCUT2D eigenvalue weighted by atomic mass is 32.2. The third-order valence-electron chi connectivity index (χ3n) is 4.43. The van der Waals surface area contributed by atoms with E-state index in [-0.39, 0.29) is 28.3 Å². The van der Waals surface area contributed by atoms with Gasteiger partial charge in [0.15, 0.2) is 0 Å². The fourth-order valence-corrected chi connectivity index (χ4v) is 4.71. The molecular weight excluding hydrogens is 363 g/mol. The Kier molecular flexibility index (Phi) is 5.56. The summed E-state index contributed by atoms with van der Waals surface area (Å²) in [5, 5.41) is 2.49. The first-order chi connectivity index (χ1) is 12.8. The molecule has 0 aromatic heterocycles. The molecule has 2 unspecified atom stereocenters. The van der Waals surface area contributed by atoms with Gasteiger partial charge in [0.25, 0.3) is 5.91 Å². The molecular formula is C21H23FN2O2S. The van der Waals surface area contributed by atoms with E-state index in [4.69, 9.17) is 0 Å². The second kappa shape index (κ2) is 7.72. The van der Waals surface area contributed by atoms with Crippen LogP contribution in [0, 0.1) is 11.2 Å². The number of hydrogen-bond donors (Lipinski definition) is 1. The Morgan fingerprint density at radius 3 is 2.33 bits per heavy atom. The van der Waals surface area contributed by atoms with Crippen molar-refractivity contribution >= 4 is 29.3 Å². The van der Waals surface area contributed by atoms with Crippen LogP contribution in [-0.2, 0) is 4.79 Å². The summed E-state index contributed by atoms with van der Waals surface area (Å²) in [6.07, 6.45) is 0.